The summed E-state index contributed by atoms with van der Waals surface area (Å²) in [7, 11) is 1.26. The summed E-state index contributed by atoms with van der Waals surface area (Å²) in [6.07, 6.45) is 1.73. The topological polar surface area (TPSA) is 101 Å². The van der Waals surface area contributed by atoms with E-state index in [9.17, 15) is 14.4 Å². The summed E-state index contributed by atoms with van der Waals surface area (Å²) < 4.78 is 13.1. The molecule has 10 heteroatoms. The highest BCUT2D eigenvalue weighted by atomic mass is 79.9. The third kappa shape index (κ3) is 4.82. The van der Waals surface area contributed by atoms with Gasteiger partial charge in [-0.15, -0.1) is 0 Å². The average molecular weight is 620 g/mol. The van der Waals surface area contributed by atoms with Crippen LogP contribution in [0.3, 0.4) is 0 Å². The van der Waals surface area contributed by atoms with E-state index in [1.807, 2.05) is 30.3 Å². The number of methoxy groups -OCH3 is 1. The van der Waals surface area contributed by atoms with Gasteiger partial charge in [-0.25, -0.2) is 9.59 Å². The van der Waals surface area contributed by atoms with E-state index in [-0.39, 0.29) is 28.2 Å². The van der Waals surface area contributed by atoms with Crippen molar-refractivity contribution in [1.29, 1.82) is 0 Å². The van der Waals surface area contributed by atoms with Gasteiger partial charge in [-0.05, 0) is 48.4 Å². The molecule has 2 N–H and O–H groups in total. The number of thioether (sulfide) groups is 1. The molecule has 0 saturated heterocycles. The molecule has 180 valence electrons. The summed E-state index contributed by atoms with van der Waals surface area (Å²) in [6, 6.07) is 14.6. The van der Waals surface area contributed by atoms with Gasteiger partial charge in [0.2, 0.25) is 5.91 Å². The molecular formula is C25H20Br2N2O5S. The lowest BCUT2D eigenvalue weighted by Gasteiger charge is -2.23. The smallest absolute Gasteiger partial charge is 0.357 e. The molecule has 0 radical (unpaired) electrons. The van der Waals surface area contributed by atoms with Crippen molar-refractivity contribution in [3.63, 3.8) is 0 Å². The third-order valence-corrected chi connectivity index (χ3v) is 7.59. The molecule has 1 aliphatic heterocycles. The standard InChI is InChI=1S/C25H20Br2N2O5S/c1-3-34-24(31)20-18(28)17(11-13-6-4-8-15(26)10-13)19-22(25(32)33-2)35-21(23(30)29(19)20)14-7-5-9-16(27)12-14/h4-12,21H,3,28H2,1-2H3/b17-11+. The minimum atomic E-state index is -0.812. The largest absolute Gasteiger partial charge is 0.465 e. The van der Waals surface area contributed by atoms with Gasteiger partial charge in [-0.1, -0.05) is 67.9 Å². The van der Waals surface area contributed by atoms with Crippen LogP contribution in [-0.2, 0) is 14.3 Å². The van der Waals surface area contributed by atoms with Crippen molar-refractivity contribution in [3.8, 4) is 0 Å². The molecule has 0 aliphatic carbocycles. The number of aromatic nitrogens is 1. The van der Waals surface area contributed by atoms with E-state index in [0.717, 1.165) is 26.3 Å². The van der Waals surface area contributed by atoms with Crippen molar-refractivity contribution in [2.75, 3.05) is 19.5 Å². The van der Waals surface area contributed by atoms with Crippen LogP contribution in [0.25, 0.3) is 11.0 Å². The van der Waals surface area contributed by atoms with Gasteiger partial charge in [0.05, 0.1) is 24.8 Å². The summed E-state index contributed by atoms with van der Waals surface area (Å²) in [5, 5.41) is -0.244. The van der Waals surface area contributed by atoms with Crippen molar-refractivity contribution in [2.45, 2.75) is 12.2 Å². The van der Waals surface area contributed by atoms with Crippen molar-refractivity contribution < 1.29 is 23.9 Å². The third-order valence-electron chi connectivity index (χ3n) is 5.29. The molecule has 0 saturated carbocycles. The monoisotopic (exact) mass is 618 g/mol. The van der Waals surface area contributed by atoms with Crippen LogP contribution in [0.15, 0.2) is 57.5 Å². The van der Waals surface area contributed by atoms with Crippen molar-refractivity contribution in [2.24, 2.45) is 0 Å². The number of fused-ring (bicyclic) bond motifs is 1. The van der Waals surface area contributed by atoms with Crippen molar-refractivity contribution in [1.82, 2.24) is 4.57 Å². The first-order valence-corrected chi connectivity index (χ1v) is 13.0. The van der Waals surface area contributed by atoms with Gasteiger partial charge in [-0.3, -0.25) is 9.36 Å². The Labute approximate surface area is 222 Å². The van der Waals surface area contributed by atoms with Crippen LogP contribution in [-0.4, -0.2) is 36.1 Å². The van der Waals surface area contributed by atoms with E-state index in [1.54, 1.807) is 31.2 Å². The van der Waals surface area contributed by atoms with Crippen LogP contribution in [0.4, 0.5) is 5.69 Å². The average Bonchev–Trinajstić information content (AvgIpc) is 3.11. The molecule has 0 spiro atoms. The first-order valence-electron chi connectivity index (χ1n) is 10.5. The Morgan fingerprint density at radius 2 is 1.80 bits per heavy atom. The Morgan fingerprint density at radius 3 is 2.43 bits per heavy atom. The van der Waals surface area contributed by atoms with E-state index in [2.05, 4.69) is 31.9 Å². The van der Waals surface area contributed by atoms with Crippen LogP contribution < -0.4 is 16.3 Å². The van der Waals surface area contributed by atoms with E-state index >= 15 is 0 Å². The maximum absolute atomic E-state index is 13.9. The van der Waals surface area contributed by atoms with Crippen molar-refractivity contribution in [3.05, 3.63) is 84.9 Å². The number of nitrogens with zero attached hydrogens (tertiary/aromatic N) is 1. The highest BCUT2D eigenvalue weighted by Gasteiger charge is 2.38. The number of carbonyl (C=O) groups is 3. The summed E-state index contributed by atoms with van der Waals surface area (Å²) in [6.45, 7) is 1.76. The van der Waals surface area contributed by atoms with Gasteiger partial charge >= 0.3 is 11.9 Å². The number of anilines is 1. The number of rotatable bonds is 5. The summed E-state index contributed by atoms with van der Waals surface area (Å²) in [5.74, 6) is -1.81. The SMILES string of the molecule is CCOC(=O)c1c(N)/c(=C\c2cccc(Br)c2)c2n1C(=O)C(c1cccc(Br)c1)SC=2C(=O)OC. The molecular weight excluding hydrogens is 600 g/mol. The fraction of sp³-hybridized carbons (Fsp3) is 0.160. The zero-order chi connectivity index (χ0) is 25.3. The number of ether oxygens (including phenoxy) is 2. The van der Waals surface area contributed by atoms with Crippen LogP contribution in [0, 0.1) is 0 Å². The number of hydrogen-bond donors (Lipinski definition) is 1. The minimum absolute atomic E-state index is 0.0451. The minimum Gasteiger partial charge on any atom is -0.465 e. The zero-order valence-corrected chi connectivity index (χ0v) is 22.7. The Bertz CT molecular complexity index is 1480. The molecule has 1 aromatic heterocycles. The quantitative estimate of drug-likeness (QED) is 0.431. The molecule has 2 aromatic carbocycles. The molecule has 1 unspecified atom stereocenters. The van der Waals surface area contributed by atoms with Gasteiger partial charge < -0.3 is 15.2 Å². The first kappa shape index (κ1) is 25.3. The van der Waals surface area contributed by atoms with Gasteiger partial charge in [0.1, 0.15) is 10.2 Å². The number of nitrogen functional groups attached to an aromatic ring is 1. The molecule has 0 fully saturated rings. The van der Waals surface area contributed by atoms with Crippen LogP contribution in [0.2, 0.25) is 0 Å². The second-order valence-corrected chi connectivity index (χ2v) is 10.4. The van der Waals surface area contributed by atoms with Gasteiger partial charge in [0.25, 0.3) is 0 Å². The summed E-state index contributed by atoms with van der Waals surface area (Å²) in [4.78, 5) is 40.0. The van der Waals surface area contributed by atoms with Gasteiger partial charge in [-0.2, -0.15) is 0 Å². The molecule has 35 heavy (non-hydrogen) atoms. The van der Waals surface area contributed by atoms with E-state index in [0.29, 0.717) is 10.8 Å². The van der Waals surface area contributed by atoms with Gasteiger partial charge in [0.15, 0.2) is 5.69 Å². The highest BCUT2D eigenvalue weighted by Crippen LogP contribution is 2.40. The van der Waals surface area contributed by atoms with E-state index in [1.165, 1.54) is 11.7 Å². The summed E-state index contributed by atoms with van der Waals surface area (Å²) >= 11 is 7.93. The Balaban J connectivity index is 2.11. The Kier molecular flexibility index (Phi) is 7.53. The molecule has 0 bridgehead atoms. The number of halogens is 2. The molecule has 1 aliphatic rings. The van der Waals surface area contributed by atoms with Crippen LogP contribution >= 0.6 is 43.6 Å². The fourth-order valence-electron chi connectivity index (χ4n) is 3.82. The van der Waals surface area contributed by atoms with Crippen molar-refractivity contribution >= 4 is 78.1 Å². The zero-order valence-electron chi connectivity index (χ0n) is 18.7. The van der Waals surface area contributed by atoms with Crippen LogP contribution in [0.1, 0.15) is 38.6 Å². The predicted octanol–water partition coefficient (Wildman–Crippen LogP) is 4.01. The van der Waals surface area contributed by atoms with E-state index < -0.39 is 23.1 Å². The van der Waals surface area contributed by atoms with E-state index in [4.69, 9.17) is 15.2 Å². The number of hydrogen-bond acceptors (Lipinski definition) is 7. The maximum Gasteiger partial charge on any atom is 0.357 e. The summed E-state index contributed by atoms with van der Waals surface area (Å²) in [5.41, 5.74) is 7.81. The molecule has 1 atom stereocenters. The molecule has 7 nitrogen and oxygen atoms in total. The lowest BCUT2D eigenvalue weighted by molar-refractivity contribution is -0.133. The first-order chi connectivity index (χ1) is 16.8. The number of nitrogens with two attached hydrogens (primary N) is 1. The number of benzene rings is 2. The van der Waals surface area contributed by atoms with Crippen LogP contribution in [0.5, 0.6) is 0 Å². The van der Waals surface area contributed by atoms with Gasteiger partial charge in [0, 0.05) is 14.2 Å². The number of carbonyl (C=O) groups excluding carboxylic acids is 3. The normalized spacial score (nSPS) is 15.7. The molecule has 2 heterocycles. The lowest BCUT2D eigenvalue weighted by Crippen LogP contribution is -2.42. The molecule has 4 rings (SSSR count). The maximum atomic E-state index is 13.9. The predicted molar refractivity (Wildman–Crippen MR) is 142 cm³/mol. The molecule has 0 amide bonds. The number of esters is 2. The Hall–Kier alpha value is -2.82. The second kappa shape index (κ2) is 10.4. The lowest BCUT2D eigenvalue weighted by atomic mass is 10.1. The fourth-order valence-corrected chi connectivity index (χ4v) is 5.87. The highest BCUT2D eigenvalue weighted by molar-refractivity contribution is 9.10. The molecule has 3 aromatic rings. The second-order valence-electron chi connectivity index (χ2n) is 7.49. The Morgan fingerprint density at radius 1 is 1.11 bits per heavy atom.